The van der Waals surface area contributed by atoms with Gasteiger partial charge in [0.15, 0.2) is 0 Å². The summed E-state index contributed by atoms with van der Waals surface area (Å²) in [6, 6.07) is 0.483. The Morgan fingerprint density at radius 3 is 2.40 bits per heavy atom. The van der Waals surface area contributed by atoms with Gasteiger partial charge in [0, 0.05) is 30.5 Å². The molecule has 1 aliphatic carbocycles. The van der Waals surface area contributed by atoms with E-state index in [9.17, 15) is 0 Å². The number of hydrogen-bond donors (Lipinski definition) is 2. The van der Waals surface area contributed by atoms with E-state index < -0.39 is 0 Å². The minimum atomic E-state index is -0.0380. The quantitative estimate of drug-likeness (QED) is 0.710. The van der Waals surface area contributed by atoms with E-state index >= 15 is 0 Å². The van der Waals surface area contributed by atoms with Gasteiger partial charge in [-0.15, -0.1) is 0 Å². The molecule has 0 spiro atoms. The molecule has 0 amide bonds. The number of hydrogen-bond acceptors (Lipinski definition) is 5. The molecule has 1 fully saturated rings. The maximum absolute atomic E-state index is 8.94. The van der Waals surface area contributed by atoms with E-state index in [1.54, 1.807) is 12.4 Å². The lowest BCUT2D eigenvalue weighted by molar-refractivity contribution is 0.280. The topological polar surface area (TPSA) is 69.5 Å². The van der Waals surface area contributed by atoms with Gasteiger partial charge in [-0.2, -0.15) is 0 Å². The first-order valence-corrected chi connectivity index (χ1v) is 5.14. The molecule has 0 radical (unpaired) electrons. The summed E-state index contributed by atoms with van der Waals surface area (Å²) < 4.78 is 0. The zero-order valence-corrected chi connectivity index (χ0v) is 8.50. The highest BCUT2D eigenvalue weighted by Gasteiger charge is 2.30. The van der Waals surface area contributed by atoms with E-state index in [1.807, 2.05) is 4.90 Å². The molecule has 2 rings (SSSR count). The lowest BCUT2D eigenvalue weighted by Crippen LogP contribution is -2.30. The lowest BCUT2D eigenvalue weighted by atomic mass is 10.4. The highest BCUT2D eigenvalue weighted by molar-refractivity contribution is 5.33. The Morgan fingerprint density at radius 2 is 1.93 bits per heavy atom. The summed E-state index contributed by atoms with van der Waals surface area (Å²) in [4.78, 5) is 10.4. The third-order valence-electron chi connectivity index (χ3n) is 2.46. The SMILES string of the molecule is OCCN(c1ncc(CO)cn1)C1CC1. The van der Waals surface area contributed by atoms with Crippen molar-refractivity contribution in [1.29, 1.82) is 0 Å². The number of nitrogens with zero attached hydrogens (tertiary/aromatic N) is 3. The Hall–Kier alpha value is -1.20. The Balaban J connectivity index is 2.10. The van der Waals surface area contributed by atoms with Gasteiger partial charge in [-0.3, -0.25) is 0 Å². The van der Waals surface area contributed by atoms with Crippen molar-refractivity contribution in [3.05, 3.63) is 18.0 Å². The molecule has 1 aromatic heterocycles. The number of anilines is 1. The molecule has 1 aliphatic rings. The van der Waals surface area contributed by atoms with E-state index in [4.69, 9.17) is 10.2 Å². The molecule has 5 nitrogen and oxygen atoms in total. The van der Waals surface area contributed by atoms with E-state index in [2.05, 4.69) is 9.97 Å². The lowest BCUT2D eigenvalue weighted by Gasteiger charge is -2.20. The molecule has 1 saturated carbocycles. The number of aromatic nitrogens is 2. The molecule has 0 atom stereocenters. The van der Waals surface area contributed by atoms with Crippen LogP contribution in [0.3, 0.4) is 0 Å². The molecule has 5 heteroatoms. The van der Waals surface area contributed by atoms with Crippen molar-refractivity contribution in [1.82, 2.24) is 9.97 Å². The Morgan fingerprint density at radius 1 is 1.27 bits per heavy atom. The zero-order chi connectivity index (χ0) is 10.7. The third kappa shape index (κ3) is 2.43. The van der Waals surface area contributed by atoms with Crippen LogP contribution in [-0.4, -0.2) is 39.4 Å². The summed E-state index contributed by atoms with van der Waals surface area (Å²) in [5, 5.41) is 17.8. The third-order valence-corrected chi connectivity index (χ3v) is 2.46. The van der Waals surface area contributed by atoms with Gasteiger partial charge in [0.25, 0.3) is 0 Å². The van der Waals surface area contributed by atoms with Gasteiger partial charge in [0.05, 0.1) is 13.2 Å². The van der Waals surface area contributed by atoms with Crippen LogP contribution in [0.1, 0.15) is 18.4 Å². The molecule has 0 saturated heterocycles. The molecular formula is C10H15N3O2. The van der Waals surface area contributed by atoms with Crippen LogP contribution in [0, 0.1) is 0 Å². The van der Waals surface area contributed by atoms with Crippen LogP contribution in [0.15, 0.2) is 12.4 Å². The predicted molar refractivity (Wildman–Crippen MR) is 55.4 cm³/mol. The standard InChI is InChI=1S/C10H15N3O2/c14-4-3-13(9-1-2-9)10-11-5-8(7-15)6-12-10/h5-6,9,14-15H,1-4,7H2. The van der Waals surface area contributed by atoms with Crippen molar-refractivity contribution in [3.63, 3.8) is 0 Å². The van der Waals surface area contributed by atoms with Gasteiger partial charge in [-0.05, 0) is 12.8 Å². The summed E-state index contributed by atoms with van der Waals surface area (Å²) in [6.07, 6.45) is 5.53. The molecule has 0 aromatic carbocycles. The monoisotopic (exact) mass is 209 g/mol. The highest BCUT2D eigenvalue weighted by Crippen LogP contribution is 2.29. The van der Waals surface area contributed by atoms with E-state index in [0.29, 0.717) is 24.1 Å². The van der Waals surface area contributed by atoms with E-state index in [1.165, 1.54) is 0 Å². The molecule has 1 aromatic rings. The molecule has 0 bridgehead atoms. The van der Waals surface area contributed by atoms with Crippen molar-refractivity contribution < 1.29 is 10.2 Å². The molecule has 0 aliphatic heterocycles. The number of aliphatic hydroxyl groups is 2. The minimum absolute atomic E-state index is 0.0380. The number of aliphatic hydroxyl groups excluding tert-OH is 2. The fourth-order valence-corrected chi connectivity index (χ4v) is 1.52. The first-order chi connectivity index (χ1) is 7.35. The van der Waals surface area contributed by atoms with Crippen LogP contribution < -0.4 is 4.90 Å². The van der Waals surface area contributed by atoms with Crippen LogP contribution in [0.25, 0.3) is 0 Å². The normalized spacial score (nSPS) is 15.3. The number of rotatable bonds is 5. The average Bonchev–Trinajstić information content (AvgIpc) is 3.10. The van der Waals surface area contributed by atoms with Crippen LogP contribution in [0.5, 0.6) is 0 Å². The van der Waals surface area contributed by atoms with Crippen molar-refractivity contribution in [2.45, 2.75) is 25.5 Å². The zero-order valence-electron chi connectivity index (χ0n) is 8.50. The van der Waals surface area contributed by atoms with Crippen molar-refractivity contribution >= 4 is 5.95 Å². The largest absolute Gasteiger partial charge is 0.395 e. The summed E-state index contributed by atoms with van der Waals surface area (Å²) in [6.45, 7) is 0.647. The molecule has 1 heterocycles. The highest BCUT2D eigenvalue weighted by atomic mass is 16.3. The van der Waals surface area contributed by atoms with Crippen molar-refractivity contribution in [2.24, 2.45) is 0 Å². The Bertz CT molecular complexity index is 311. The van der Waals surface area contributed by atoms with Gasteiger partial charge in [-0.1, -0.05) is 0 Å². The molecule has 0 unspecified atom stereocenters. The van der Waals surface area contributed by atoms with Gasteiger partial charge in [0.1, 0.15) is 0 Å². The van der Waals surface area contributed by atoms with Gasteiger partial charge < -0.3 is 15.1 Å². The van der Waals surface area contributed by atoms with Crippen LogP contribution in [0.4, 0.5) is 5.95 Å². The van der Waals surface area contributed by atoms with Crippen molar-refractivity contribution in [2.75, 3.05) is 18.1 Å². The average molecular weight is 209 g/mol. The second-order valence-corrected chi connectivity index (χ2v) is 3.70. The fourth-order valence-electron chi connectivity index (χ4n) is 1.52. The van der Waals surface area contributed by atoms with Crippen LogP contribution in [-0.2, 0) is 6.61 Å². The maximum Gasteiger partial charge on any atom is 0.225 e. The molecular weight excluding hydrogens is 194 g/mol. The van der Waals surface area contributed by atoms with Gasteiger partial charge in [-0.25, -0.2) is 9.97 Å². The fraction of sp³-hybridized carbons (Fsp3) is 0.600. The maximum atomic E-state index is 8.94. The summed E-state index contributed by atoms with van der Waals surface area (Å²) >= 11 is 0. The van der Waals surface area contributed by atoms with Gasteiger partial charge in [0.2, 0.25) is 5.95 Å². The molecule has 82 valence electrons. The summed E-state index contributed by atoms with van der Waals surface area (Å²) in [7, 11) is 0. The van der Waals surface area contributed by atoms with Crippen molar-refractivity contribution in [3.8, 4) is 0 Å². The summed E-state index contributed by atoms with van der Waals surface area (Å²) in [5.74, 6) is 0.642. The second kappa shape index (κ2) is 4.55. The first kappa shape index (κ1) is 10.3. The van der Waals surface area contributed by atoms with E-state index in [-0.39, 0.29) is 13.2 Å². The van der Waals surface area contributed by atoms with Crippen LogP contribution in [0.2, 0.25) is 0 Å². The molecule has 15 heavy (non-hydrogen) atoms. The van der Waals surface area contributed by atoms with Gasteiger partial charge >= 0.3 is 0 Å². The predicted octanol–water partition coefficient (Wildman–Crippen LogP) is -0.0700. The van der Waals surface area contributed by atoms with Crippen LogP contribution >= 0.6 is 0 Å². The first-order valence-electron chi connectivity index (χ1n) is 5.14. The van der Waals surface area contributed by atoms with E-state index in [0.717, 1.165) is 12.8 Å². The smallest absolute Gasteiger partial charge is 0.225 e. The Labute approximate surface area is 88.4 Å². The molecule has 2 N–H and O–H groups in total. The summed E-state index contributed by atoms with van der Waals surface area (Å²) in [5.41, 5.74) is 0.707. The minimum Gasteiger partial charge on any atom is -0.395 e. The Kier molecular flexibility index (Phi) is 3.13. The second-order valence-electron chi connectivity index (χ2n) is 3.70.